The number of anilines is 1. The van der Waals surface area contributed by atoms with Crippen molar-refractivity contribution in [3.05, 3.63) is 60.4 Å². The van der Waals surface area contributed by atoms with Gasteiger partial charge in [-0.05, 0) is 58.7 Å². The van der Waals surface area contributed by atoms with Crippen LogP contribution in [0.15, 0.2) is 54.6 Å². The number of hydrogen-bond acceptors (Lipinski definition) is 9. The van der Waals surface area contributed by atoms with Crippen LogP contribution in [-0.2, 0) is 30.0 Å². The number of nitrogens with zero attached hydrogens (tertiary/aromatic N) is 3. The zero-order valence-corrected chi connectivity index (χ0v) is 25.9. The van der Waals surface area contributed by atoms with Crippen molar-refractivity contribution in [1.29, 1.82) is 0 Å². The normalized spacial score (nSPS) is 15.9. The van der Waals surface area contributed by atoms with Gasteiger partial charge in [0.1, 0.15) is 29.7 Å². The number of para-hydroxylation sites is 2. The molecule has 4 aromatic rings. The van der Waals surface area contributed by atoms with Crippen LogP contribution in [0.2, 0.25) is 0 Å². The number of rotatable bonds is 16. The Labute approximate surface area is 256 Å². The van der Waals surface area contributed by atoms with Crippen molar-refractivity contribution in [2.24, 2.45) is 0 Å². The van der Waals surface area contributed by atoms with Crippen LogP contribution in [-0.4, -0.2) is 45.9 Å². The standard InChI is InChI=1S/C31H42N5O6P/c1-6-13-23(36-27(20-39-7-2)34-28-29(36)25-16-11-12-17-26(25)33-30(28)32)18-19-40-43(38,42-24-14-9-8-10-15-24)35-22(5)31(37)41-21(3)4/h8-12,14-17,21-23H,6-7,13,18-20H2,1-5H3,(H2,32,33)(H,35,38)/t22-,23+,43+/m0/s1/i5D3. The second-order valence-electron chi connectivity index (χ2n) is 10.3. The zero-order valence-electron chi connectivity index (χ0n) is 28.0. The third-order valence-corrected chi connectivity index (χ3v) is 8.15. The van der Waals surface area contributed by atoms with Crippen LogP contribution < -0.4 is 15.3 Å². The van der Waals surface area contributed by atoms with Crippen molar-refractivity contribution in [3.8, 4) is 5.75 Å². The third kappa shape index (κ3) is 8.12. The van der Waals surface area contributed by atoms with Gasteiger partial charge in [0.25, 0.3) is 0 Å². The minimum Gasteiger partial charge on any atom is -0.462 e. The van der Waals surface area contributed by atoms with Gasteiger partial charge in [-0.2, -0.15) is 5.09 Å². The molecular formula is C31H42N5O6P. The number of ether oxygens (including phenoxy) is 2. The minimum absolute atomic E-state index is 0.124. The summed E-state index contributed by atoms with van der Waals surface area (Å²) in [6.07, 6.45) is 1.23. The number of pyridine rings is 1. The van der Waals surface area contributed by atoms with E-state index in [0.717, 1.165) is 22.8 Å². The topological polar surface area (TPSA) is 140 Å². The number of esters is 1. The van der Waals surface area contributed by atoms with Gasteiger partial charge in [0.2, 0.25) is 0 Å². The maximum absolute atomic E-state index is 14.2. The van der Waals surface area contributed by atoms with Gasteiger partial charge in [-0.15, -0.1) is 0 Å². The Bertz CT molecular complexity index is 1670. The second-order valence-corrected chi connectivity index (χ2v) is 12.0. The van der Waals surface area contributed by atoms with Gasteiger partial charge >= 0.3 is 13.7 Å². The van der Waals surface area contributed by atoms with Crippen LogP contribution in [0.1, 0.15) is 69.8 Å². The molecular weight excluding hydrogens is 569 g/mol. The van der Waals surface area contributed by atoms with Gasteiger partial charge in [-0.25, -0.2) is 14.5 Å². The Morgan fingerprint density at radius 1 is 1.09 bits per heavy atom. The second kappa shape index (κ2) is 14.8. The van der Waals surface area contributed by atoms with Gasteiger partial charge in [-0.1, -0.05) is 49.7 Å². The van der Waals surface area contributed by atoms with Crippen LogP contribution in [0.5, 0.6) is 5.75 Å². The molecule has 2 heterocycles. The maximum atomic E-state index is 14.2. The highest BCUT2D eigenvalue weighted by atomic mass is 31.2. The van der Waals surface area contributed by atoms with Crippen molar-refractivity contribution in [3.63, 3.8) is 0 Å². The van der Waals surface area contributed by atoms with E-state index in [4.69, 9.17) is 33.4 Å². The molecule has 3 atom stereocenters. The first-order valence-electron chi connectivity index (χ1n) is 16.0. The molecule has 4 rings (SSSR count). The number of nitrogens with two attached hydrogens (primary N) is 1. The lowest BCUT2D eigenvalue weighted by Gasteiger charge is -2.25. The molecule has 0 radical (unpaired) electrons. The average Bonchev–Trinajstić information content (AvgIpc) is 3.38. The highest BCUT2D eigenvalue weighted by Gasteiger charge is 2.33. The summed E-state index contributed by atoms with van der Waals surface area (Å²) in [5.41, 5.74) is 8.45. The van der Waals surface area contributed by atoms with Crippen LogP contribution >= 0.6 is 7.75 Å². The summed E-state index contributed by atoms with van der Waals surface area (Å²) in [6, 6.07) is 13.7. The molecule has 0 aliphatic carbocycles. The van der Waals surface area contributed by atoms with Crippen molar-refractivity contribution in [2.75, 3.05) is 18.9 Å². The number of imidazole rings is 1. The van der Waals surface area contributed by atoms with E-state index in [0.29, 0.717) is 36.6 Å². The van der Waals surface area contributed by atoms with E-state index in [1.54, 1.807) is 44.2 Å². The molecule has 0 unspecified atom stereocenters. The Kier molecular flexibility index (Phi) is 9.73. The molecule has 0 bridgehead atoms. The first kappa shape index (κ1) is 28.3. The Balaban J connectivity index is 1.70. The number of benzene rings is 2. The highest BCUT2D eigenvalue weighted by Crippen LogP contribution is 2.45. The van der Waals surface area contributed by atoms with E-state index in [1.807, 2.05) is 31.2 Å². The monoisotopic (exact) mass is 614 g/mol. The largest absolute Gasteiger partial charge is 0.462 e. The maximum Gasteiger partial charge on any atom is 0.459 e. The predicted octanol–water partition coefficient (Wildman–Crippen LogP) is 6.57. The third-order valence-electron chi connectivity index (χ3n) is 6.61. The summed E-state index contributed by atoms with van der Waals surface area (Å²) in [4.78, 5) is 22.2. The molecule has 0 spiro atoms. The summed E-state index contributed by atoms with van der Waals surface area (Å²) in [5, 5.41) is 3.24. The number of nitrogens with one attached hydrogen (secondary N) is 1. The number of carbonyl (C=O) groups excluding carboxylic acids is 1. The molecule has 0 aliphatic rings. The number of carbonyl (C=O) groups is 1. The van der Waals surface area contributed by atoms with Crippen LogP contribution in [0.3, 0.4) is 0 Å². The quantitative estimate of drug-likeness (QED) is 0.105. The molecule has 0 fully saturated rings. The van der Waals surface area contributed by atoms with Gasteiger partial charge in [-0.3, -0.25) is 9.32 Å². The molecule has 232 valence electrons. The zero-order chi connectivity index (χ0) is 33.5. The van der Waals surface area contributed by atoms with Crippen LogP contribution in [0, 0.1) is 0 Å². The highest BCUT2D eigenvalue weighted by molar-refractivity contribution is 7.52. The summed E-state index contributed by atoms with van der Waals surface area (Å²) in [7, 11) is -4.46. The van der Waals surface area contributed by atoms with E-state index < -0.39 is 32.7 Å². The Hall–Kier alpha value is -3.50. The van der Waals surface area contributed by atoms with E-state index in [9.17, 15) is 9.36 Å². The van der Waals surface area contributed by atoms with Crippen molar-refractivity contribution < 1.29 is 32.0 Å². The fourth-order valence-electron chi connectivity index (χ4n) is 4.82. The fraction of sp³-hybridized carbons (Fsp3) is 0.452. The molecule has 3 N–H and O–H groups in total. The molecule has 11 nitrogen and oxygen atoms in total. The van der Waals surface area contributed by atoms with Gasteiger partial charge in [0.15, 0.2) is 5.82 Å². The lowest BCUT2D eigenvalue weighted by molar-refractivity contribution is -0.149. The van der Waals surface area contributed by atoms with E-state index in [2.05, 4.69) is 21.6 Å². The number of hydrogen-bond donors (Lipinski definition) is 2. The van der Waals surface area contributed by atoms with E-state index in [-0.39, 0.29) is 25.0 Å². The SMILES string of the molecule is [2H]C([2H])([2H])[C@H](N[P@@](=O)(OCC[C@@H](CCC)n1c(COCC)nc2c(N)nc3ccccc3c21)Oc1ccccc1)C(=O)OC(C)C. The average molecular weight is 615 g/mol. The summed E-state index contributed by atoms with van der Waals surface area (Å²) >= 11 is 0. The van der Waals surface area contributed by atoms with E-state index in [1.165, 1.54) is 0 Å². The molecule has 0 saturated carbocycles. The molecule has 0 amide bonds. The van der Waals surface area contributed by atoms with Crippen molar-refractivity contribution in [2.45, 2.75) is 78.6 Å². The van der Waals surface area contributed by atoms with Gasteiger partial charge in [0, 0.05) is 22.1 Å². The number of aromatic nitrogens is 3. The van der Waals surface area contributed by atoms with Crippen molar-refractivity contribution in [1.82, 2.24) is 19.6 Å². The Morgan fingerprint density at radius 3 is 2.53 bits per heavy atom. The fourth-order valence-corrected chi connectivity index (χ4v) is 6.17. The molecule has 2 aromatic carbocycles. The summed E-state index contributed by atoms with van der Waals surface area (Å²) < 4.78 is 62.7. The molecule has 43 heavy (non-hydrogen) atoms. The number of nitrogen functional groups attached to an aromatic ring is 1. The predicted molar refractivity (Wildman–Crippen MR) is 168 cm³/mol. The lowest BCUT2D eigenvalue weighted by atomic mass is 10.1. The van der Waals surface area contributed by atoms with Crippen LogP contribution in [0.4, 0.5) is 5.82 Å². The smallest absolute Gasteiger partial charge is 0.459 e. The van der Waals surface area contributed by atoms with Gasteiger partial charge in [0.05, 0.1) is 23.7 Å². The Morgan fingerprint density at radius 2 is 1.84 bits per heavy atom. The minimum atomic E-state index is -4.46. The lowest BCUT2D eigenvalue weighted by Crippen LogP contribution is -2.36. The first-order valence-corrected chi connectivity index (χ1v) is 16.0. The summed E-state index contributed by atoms with van der Waals surface area (Å²) in [5.74, 6) is 0.0217. The van der Waals surface area contributed by atoms with Crippen molar-refractivity contribution >= 4 is 41.5 Å². The first-order chi connectivity index (χ1) is 21.9. The van der Waals surface area contributed by atoms with Gasteiger partial charge < -0.3 is 24.3 Å². The molecule has 0 aliphatic heterocycles. The summed E-state index contributed by atoms with van der Waals surface area (Å²) in [6.45, 7) is 4.81. The molecule has 12 heteroatoms. The van der Waals surface area contributed by atoms with E-state index >= 15 is 0 Å². The number of fused-ring (bicyclic) bond motifs is 3. The van der Waals surface area contributed by atoms with Crippen LogP contribution in [0.25, 0.3) is 21.9 Å². The molecule has 2 aromatic heterocycles. The molecule has 0 saturated heterocycles.